The molecule has 184 valence electrons. The fourth-order valence-electron chi connectivity index (χ4n) is 4.45. The van der Waals surface area contributed by atoms with Crippen LogP contribution in [0.2, 0.25) is 0 Å². The first-order valence-electron chi connectivity index (χ1n) is 11.3. The Hall–Kier alpha value is -3.70. The number of anilines is 1. The van der Waals surface area contributed by atoms with Crippen molar-refractivity contribution in [2.45, 2.75) is 26.3 Å². The lowest BCUT2D eigenvalue weighted by Crippen LogP contribution is -2.44. The average Bonchev–Trinajstić information content (AvgIpc) is 3.57. The second-order valence-electron chi connectivity index (χ2n) is 8.83. The van der Waals surface area contributed by atoms with Crippen LogP contribution in [-0.4, -0.2) is 60.4 Å². The highest BCUT2D eigenvalue weighted by atomic mass is 19.1. The highest BCUT2D eigenvalue weighted by molar-refractivity contribution is 6.34. The molecule has 0 radical (unpaired) electrons. The topological polar surface area (TPSA) is 122 Å². The third-order valence-corrected chi connectivity index (χ3v) is 6.34. The zero-order valence-corrected chi connectivity index (χ0v) is 19.3. The number of carbonyl (C=O) groups excluding carboxylic acids is 3. The Kier molecular flexibility index (Phi) is 6.03. The number of nitrogens with one attached hydrogen (secondary N) is 3. The number of aromatic nitrogens is 1. The molecule has 3 aliphatic rings. The molecule has 1 aromatic carbocycles. The number of benzene rings is 1. The maximum absolute atomic E-state index is 13.7. The van der Waals surface area contributed by atoms with Crippen LogP contribution in [0.4, 0.5) is 14.9 Å². The van der Waals surface area contributed by atoms with Crippen LogP contribution in [0.25, 0.3) is 11.6 Å². The number of hydrogen-bond donors (Lipinski definition) is 3. The van der Waals surface area contributed by atoms with E-state index in [0.717, 1.165) is 6.42 Å². The molecule has 11 heteroatoms. The van der Waals surface area contributed by atoms with Crippen LogP contribution in [0.3, 0.4) is 0 Å². The summed E-state index contributed by atoms with van der Waals surface area (Å²) in [5.74, 6) is -0.649. The molecular weight excluding hydrogens is 459 g/mol. The molecule has 2 fully saturated rings. The number of ether oxygens (including phenoxy) is 2. The maximum atomic E-state index is 13.7. The Balaban J connectivity index is 1.27. The number of aryl methyl sites for hydroxylation is 1. The Morgan fingerprint density at radius 1 is 1.31 bits per heavy atom. The molecule has 0 spiro atoms. The standard InChI is InChI=1S/C24H25FN4O6/c1-12-19(8-17-16-7-15(25)3-4-18(16)27-22(17)30)26-13(2)21(12)35-24(32)28-20-11-34-29(23(20)31)9-14-5-6-33-10-14/h3-4,7-8,14,20,26H,5-6,9-11H2,1-2H3,(H,27,30)(H,28,32)/b17-8-/t14-,20?/m1/s1. The highest BCUT2D eigenvalue weighted by Crippen LogP contribution is 2.35. The number of halogens is 1. The predicted octanol–water partition coefficient (Wildman–Crippen LogP) is 2.53. The van der Waals surface area contributed by atoms with Gasteiger partial charge in [0.05, 0.1) is 24.4 Å². The van der Waals surface area contributed by atoms with Gasteiger partial charge >= 0.3 is 6.09 Å². The molecule has 0 bridgehead atoms. The Bertz CT molecular complexity index is 1230. The fraction of sp³-hybridized carbons (Fsp3) is 0.375. The van der Waals surface area contributed by atoms with Gasteiger partial charge in [-0.25, -0.2) is 14.2 Å². The van der Waals surface area contributed by atoms with Gasteiger partial charge < -0.3 is 25.1 Å². The minimum atomic E-state index is -0.848. The molecule has 1 unspecified atom stereocenters. The van der Waals surface area contributed by atoms with Crippen molar-refractivity contribution in [3.05, 3.63) is 46.5 Å². The first-order valence-corrected chi connectivity index (χ1v) is 11.3. The number of H-pyrrole nitrogens is 1. The Morgan fingerprint density at radius 2 is 2.14 bits per heavy atom. The van der Waals surface area contributed by atoms with Crippen LogP contribution in [0.5, 0.6) is 5.75 Å². The van der Waals surface area contributed by atoms with E-state index in [4.69, 9.17) is 14.3 Å². The molecule has 4 heterocycles. The first kappa shape index (κ1) is 23.1. The van der Waals surface area contributed by atoms with Gasteiger partial charge in [-0.3, -0.25) is 14.4 Å². The zero-order chi connectivity index (χ0) is 24.7. The smallest absolute Gasteiger partial charge is 0.408 e. The first-order chi connectivity index (χ1) is 16.8. The molecular formula is C24H25FN4O6. The molecule has 2 aromatic rings. The minimum absolute atomic E-state index is 0.0229. The Labute approximate surface area is 200 Å². The largest absolute Gasteiger partial charge is 0.413 e. The number of rotatable bonds is 5. The third kappa shape index (κ3) is 4.52. The van der Waals surface area contributed by atoms with Crippen molar-refractivity contribution < 1.29 is 33.1 Å². The molecule has 2 saturated heterocycles. The highest BCUT2D eigenvalue weighted by Gasteiger charge is 2.37. The van der Waals surface area contributed by atoms with Crippen LogP contribution in [0, 0.1) is 25.6 Å². The van der Waals surface area contributed by atoms with Crippen LogP contribution < -0.4 is 15.4 Å². The van der Waals surface area contributed by atoms with Gasteiger partial charge in [0.25, 0.3) is 11.8 Å². The van der Waals surface area contributed by atoms with Gasteiger partial charge in [0.2, 0.25) is 0 Å². The van der Waals surface area contributed by atoms with Crippen LogP contribution in [0.1, 0.15) is 28.9 Å². The molecule has 1 aromatic heterocycles. The van der Waals surface area contributed by atoms with Crippen molar-refractivity contribution in [3.63, 3.8) is 0 Å². The minimum Gasteiger partial charge on any atom is -0.408 e. The van der Waals surface area contributed by atoms with E-state index in [1.54, 1.807) is 19.9 Å². The second-order valence-corrected chi connectivity index (χ2v) is 8.83. The summed E-state index contributed by atoms with van der Waals surface area (Å²) in [6, 6.07) is 3.23. The zero-order valence-electron chi connectivity index (χ0n) is 19.3. The van der Waals surface area contributed by atoms with E-state index in [-0.39, 0.29) is 30.1 Å². The quantitative estimate of drug-likeness (QED) is 0.561. The number of amides is 3. The van der Waals surface area contributed by atoms with Gasteiger partial charge in [0.1, 0.15) is 18.5 Å². The summed E-state index contributed by atoms with van der Waals surface area (Å²) in [6.45, 7) is 5.14. The summed E-state index contributed by atoms with van der Waals surface area (Å²) >= 11 is 0. The van der Waals surface area contributed by atoms with Crippen LogP contribution in [0.15, 0.2) is 18.2 Å². The van der Waals surface area contributed by atoms with Gasteiger partial charge in [0, 0.05) is 35.0 Å². The van der Waals surface area contributed by atoms with Crippen molar-refractivity contribution in [1.82, 2.24) is 15.4 Å². The van der Waals surface area contributed by atoms with Crippen molar-refractivity contribution in [2.75, 3.05) is 31.7 Å². The number of hydroxylamine groups is 2. The predicted molar refractivity (Wildman–Crippen MR) is 123 cm³/mol. The normalized spacial score (nSPS) is 22.6. The molecule has 3 aliphatic heterocycles. The van der Waals surface area contributed by atoms with Crippen molar-refractivity contribution in [2.24, 2.45) is 5.92 Å². The lowest BCUT2D eigenvalue weighted by atomic mass is 10.0. The molecule has 3 N–H and O–H groups in total. The number of nitrogens with zero attached hydrogens (tertiary/aromatic N) is 1. The average molecular weight is 484 g/mol. The molecule has 10 nitrogen and oxygen atoms in total. The molecule has 0 saturated carbocycles. The van der Waals surface area contributed by atoms with Gasteiger partial charge in [0.15, 0.2) is 5.75 Å². The summed E-state index contributed by atoms with van der Waals surface area (Å²) < 4.78 is 24.6. The molecule has 5 rings (SSSR count). The van der Waals surface area contributed by atoms with E-state index in [2.05, 4.69) is 15.6 Å². The lowest BCUT2D eigenvalue weighted by Gasteiger charge is -2.17. The van der Waals surface area contributed by atoms with Crippen LogP contribution >= 0.6 is 0 Å². The van der Waals surface area contributed by atoms with Crippen molar-refractivity contribution >= 4 is 35.2 Å². The van der Waals surface area contributed by atoms with E-state index in [0.29, 0.717) is 53.5 Å². The SMILES string of the molecule is Cc1[nH]c(/C=C2\C(=O)Nc3ccc(F)cc32)c(C)c1OC(=O)NC1CON(C[C@H]2CCOC2)C1=O. The monoisotopic (exact) mass is 484 g/mol. The summed E-state index contributed by atoms with van der Waals surface area (Å²) in [7, 11) is 0. The van der Waals surface area contributed by atoms with E-state index in [1.165, 1.54) is 23.3 Å². The molecule has 3 amide bonds. The van der Waals surface area contributed by atoms with Crippen LogP contribution in [-0.2, 0) is 19.2 Å². The summed E-state index contributed by atoms with van der Waals surface area (Å²) in [5, 5.41) is 6.52. The fourth-order valence-corrected chi connectivity index (χ4v) is 4.45. The Morgan fingerprint density at radius 3 is 2.91 bits per heavy atom. The van der Waals surface area contributed by atoms with Gasteiger partial charge in [-0.1, -0.05) is 0 Å². The van der Waals surface area contributed by atoms with E-state index >= 15 is 0 Å². The number of fused-ring (bicyclic) bond motifs is 1. The lowest BCUT2D eigenvalue weighted by molar-refractivity contribution is -0.164. The number of hydrogen-bond acceptors (Lipinski definition) is 6. The number of carbonyl (C=O) groups is 3. The van der Waals surface area contributed by atoms with E-state index in [9.17, 15) is 18.8 Å². The number of aromatic amines is 1. The van der Waals surface area contributed by atoms with Gasteiger partial charge in [-0.15, -0.1) is 0 Å². The second kappa shape index (κ2) is 9.16. The maximum Gasteiger partial charge on any atom is 0.413 e. The van der Waals surface area contributed by atoms with E-state index in [1.807, 2.05) is 0 Å². The van der Waals surface area contributed by atoms with Crippen molar-refractivity contribution in [1.29, 1.82) is 0 Å². The molecule has 35 heavy (non-hydrogen) atoms. The molecule has 0 aliphatic carbocycles. The van der Waals surface area contributed by atoms with E-state index < -0.39 is 18.0 Å². The summed E-state index contributed by atoms with van der Waals surface area (Å²) in [4.78, 5) is 46.1. The summed E-state index contributed by atoms with van der Waals surface area (Å²) in [6.07, 6.45) is 1.65. The van der Waals surface area contributed by atoms with Gasteiger partial charge in [-0.05, 0) is 44.5 Å². The third-order valence-electron chi connectivity index (χ3n) is 6.34. The summed E-state index contributed by atoms with van der Waals surface area (Å²) in [5.41, 5.74) is 2.95. The van der Waals surface area contributed by atoms with Crippen molar-refractivity contribution in [3.8, 4) is 5.75 Å². The van der Waals surface area contributed by atoms with Gasteiger partial charge in [-0.2, -0.15) is 0 Å². The molecule has 2 atom stereocenters.